The number of carbonyl (C=O) groups is 1. The quantitative estimate of drug-likeness (QED) is 0.762. The van der Waals surface area contributed by atoms with Crippen LogP contribution < -0.4 is 5.32 Å². The highest BCUT2D eigenvalue weighted by atomic mass is 16.2. The zero-order chi connectivity index (χ0) is 14.4. The van der Waals surface area contributed by atoms with Crippen molar-refractivity contribution in [3.63, 3.8) is 0 Å². The van der Waals surface area contributed by atoms with Gasteiger partial charge in [0.25, 0.3) is 0 Å². The number of rotatable bonds is 7. The number of hydrogen-bond donors (Lipinski definition) is 2. The molecule has 0 aliphatic rings. The minimum absolute atomic E-state index is 0.224. The summed E-state index contributed by atoms with van der Waals surface area (Å²) in [5, 5.41) is 4.59. The molecule has 20 heavy (non-hydrogen) atoms. The zero-order valence-corrected chi connectivity index (χ0v) is 12.3. The SMILES string of the molecule is CCN(CC)C(=O)CCNCc1c[nH]c2ccccc12. The largest absolute Gasteiger partial charge is 0.361 e. The average Bonchev–Trinajstić information content (AvgIpc) is 2.88. The number of hydrogen-bond acceptors (Lipinski definition) is 2. The van der Waals surface area contributed by atoms with Crippen LogP contribution in [0.25, 0.3) is 10.9 Å². The van der Waals surface area contributed by atoms with Gasteiger partial charge in [0, 0.05) is 49.7 Å². The van der Waals surface area contributed by atoms with Crippen LogP contribution in [0.5, 0.6) is 0 Å². The van der Waals surface area contributed by atoms with Crippen LogP contribution in [0.15, 0.2) is 30.5 Å². The molecule has 0 unspecified atom stereocenters. The number of nitrogens with one attached hydrogen (secondary N) is 2. The maximum atomic E-state index is 11.9. The fourth-order valence-electron chi connectivity index (χ4n) is 2.43. The van der Waals surface area contributed by atoms with Crippen LogP contribution in [-0.2, 0) is 11.3 Å². The Bertz CT molecular complexity index is 558. The molecule has 0 saturated carbocycles. The second-order valence-electron chi connectivity index (χ2n) is 4.85. The zero-order valence-electron chi connectivity index (χ0n) is 12.3. The molecule has 0 bridgehead atoms. The highest BCUT2D eigenvalue weighted by Crippen LogP contribution is 2.17. The summed E-state index contributed by atoms with van der Waals surface area (Å²) >= 11 is 0. The first-order valence-corrected chi connectivity index (χ1v) is 7.29. The lowest BCUT2D eigenvalue weighted by Gasteiger charge is -2.18. The Labute approximate surface area is 120 Å². The topological polar surface area (TPSA) is 48.1 Å². The molecule has 4 nitrogen and oxygen atoms in total. The number of nitrogens with zero attached hydrogens (tertiary/aromatic N) is 1. The van der Waals surface area contributed by atoms with E-state index >= 15 is 0 Å². The van der Waals surface area contributed by atoms with Gasteiger partial charge in [-0.15, -0.1) is 0 Å². The van der Waals surface area contributed by atoms with Gasteiger partial charge >= 0.3 is 0 Å². The summed E-state index contributed by atoms with van der Waals surface area (Å²) < 4.78 is 0. The summed E-state index contributed by atoms with van der Waals surface area (Å²) in [6, 6.07) is 8.26. The molecule has 0 aliphatic carbocycles. The molecular weight excluding hydrogens is 250 g/mol. The van der Waals surface area contributed by atoms with Gasteiger partial charge in [-0.05, 0) is 25.5 Å². The molecule has 2 N–H and O–H groups in total. The van der Waals surface area contributed by atoms with E-state index in [1.54, 1.807) is 0 Å². The van der Waals surface area contributed by atoms with E-state index in [-0.39, 0.29) is 5.91 Å². The molecule has 0 radical (unpaired) electrons. The first kappa shape index (κ1) is 14.6. The number of aromatic nitrogens is 1. The maximum Gasteiger partial charge on any atom is 0.223 e. The molecule has 108 valence electrons. The molecule has 1 heterocycles. The number of carbonyl (C=O) groups excluding carboxylic acids is 1. The van der Waals surface area contributed by atoms with E-state index in [0.717, 1.165) is 31.7 Å². The van der Waals surface area contributed by atoms with Crippen molar-refractivity contribution >= 4 is 16.8 Å². The Morgan fingerprint density at radius 3 is 2.75 bits per heavy atom. The third kappa shape index (κ3) is 3.39. The standard InChI is InChI=1S/C16H23N3O/c1-3-19(4-2)16(20)9-10-17-11-13-12-18-15-8-6-5-7-14(13)15/h5-8,12,17-18H,3-4,9-11H2,1-2H3. The number of fused-ring (bicyclic) bond motifs is 1. The number of amides is 1. The number of H-pyrrole nitrogens is 1. The van der Waals surface area contributed by atoms with Gasteiger partial charge in [-0.25, -0.2) is 0 Å². The van der Waals surface area contributed by atoms with E-state index in [4.69, 9.17) is 0 Å². The van der Waals surface area contributed by atoms with E-state index in [2.05, 4.69) is 22.4 Å². The molecule has 0 atom stereocenters. The van der Waals surface area contributed by atoms with E-state index in [0.29, 0.717) is 6.42 Å². The Kier molecular flexibility index (Phi) is 5.18. The molecule has 0 saturated heterocycles. The van der Waals surface area contributed by atoms with Gasteiger partial charge in [-0.2, -0.15) is 0 Å². The van der Waals surface area contributed by atoms with Crippen molar-refractivity contribution in [2.45, 2.75) is 26.8 Å². The number of para-hydroxylation sites is 1. The minimum atomic E-state index is 0.224. The molecule has 1 aromatic heterocycles. The summed E-state index contributed by atoms with van der Waals surface area (Å²) in [6.45, 7) is 7.11. The Hall–Kier alpha value is -1.81. The third-order valence-electron chi connectivity index (χ3n) is 3.62. The molecule has 2 aromatic rings. The van der Waals surface area contributed by atoms with Crippen LogP contribution in [0.3, 0.4) is 0 Å². The molecule has 2 rings (SSSR count). The van der Waals surface area contributed by atoms with Gasteiger partial charge in [-0.3, -0.25) is 4.79 Å². The lowest BCUT2D eigenvalue weighted by molar-refractivity contribution is -0.130. The van der Waals surface area contributed by atoms with Gasteiger partial charge in [0.15, 0.2) is 0 Å². The van der Waals surface area contributed by atoms with Crippen LogP contribution in [-0.4, -0.2) is 35.4 Å². The highest BCUT2D eigenvalue weighted by molar-refractivity contribution is 5.83. The lowest BCUT2D eigenvalue weighted by Crippen LogP contribution is -2.32. The summed E-state index contributed by atoms with van der Waals surface area (Å²) in [5.41, 5.74) is 2.40. The van der Waals surface area contributed by atoms with Crippen LogP contribution >= 0.6 is 0 Å². The molecule has 0 spiro atoms. The maximum absolute atomic E-state index is 11.9. The van der Waals surface area contributed by atoms with Gasteiger partial charge in [0.2, 0.25) is 5.91 Å². The van der Waals surface area contributed by atoms with Gasteiger partial charge < -0.3 is 15.2 Å². The average molecular weight is 273 g/mol. The summed E-state index contributed by atoms with van der Waals surface area (Å²) in [5.74, 6) is 0.224. The minimum Gasteiger partial charge on any atom is -0.361 e. The first-order valence-electron chi connectivity index (χ1n) is 7.29. The molecule has 1 amide bonds. The summed E-state index contributed by atoms with van der Waals surface area (Å²) in [4.78, 5) is 17.0. The summed E-state index contributed by atoms with van der Waals surface area (Å²) in [7, 11) is 0. The normalized spacial score (nSPS) is 10.9. The molecule has 0 aliphatic heterocycles. The van der Waals surface area contributed by atoms with E-state index in [1.807, 2.05) is 37.1 Å². The molecule has 1 aromatic carbocycles. The predicted octanol–water partition coefficient (Wildman–Crippen LogP) is 2.52. The lowest BCUT2D eigenvalue weighted by atomic mass is 10.2. The number of benzene rings is 1. The van der Waals surface area contributed by atoms with Crippen molar-refractivity contribution in [1.29, 1.82) is 0 Å². The fraction of sp³-hybridized carbons (Fsp3) is 0.438. The van der Waals surface area contributed by atoms with Gasteiger partial charge in [0.05, 0.1) is 0 Å². The van der Waals surface area contributed by atoms with Crippen LogP contribution in [0.2, 0.25) is 0 Å². The molecular formula is C16H23N3O. The van der Waals surface area contributed by atoms with Crippen molar-refractivity contribution < 1.29 is 4.79 Å². The van der Waals surface area contributed by atoms with Crippen molar-refractivity contribution in [3.05, 3.63) is 36.0 Å². The van der Waals surface area contributed by atoms with Crippen LogP contribution in [0, 0.1) is 0 Å². The molecule has 0 fully saturated rings. The second-order valence-corrected chi connectivity index (χ2v) is 4.85. The first-order chi connectivity index (χ1) is 9.76. The Balaban J connectivity index is 1.80. The van der Waals surface area contributed by atoms with Crippen molar-refractivity contribution in [2.24, 2.45) is 0 Å². The number of aromatic amines is 1. The van der Waals surface area contributed by atoms with Gasteiger partial charge in [-0.1, -0.05) is 18.2 Å². The van der Waals surface area contributed by atoms with Gasteiger partial charge in [0.1, 0.15) is 0 Å². The monoisotopic (exact) mass is 273 g/mol. The van der Waals surface area contributed by atoms with E-state index in [9.17, 15) is 4.79 Å². The predicted molar refractivity (Wildman–Crippen MR) is 82.6 cm³/mol. The third-order valence-corrected chi connectivity index (χ3v) is 3.62. The van der Waals surface area contributed by atoms with Crippen molar-refractivity contribution in [1.82, 2.24) is 15.2 Å². The van der Waals surface area contributed by atoms with E-state index in [1.165, 1.54) is 10.9 Å². The van der Waals surface area contributed by atoms with Crippen LogP contribution in [0.1, 0.15) is 25.8 Å². The highest BCUT2D eigenvalue weighted by Gasteiger charge is 2.08. The summed E-state index contributed by atoms with van der Waals surface area (Å²) in [6.07, 6.45) is 2.59. The van der Waals surface area contributed by atoms with E-state index < -0.39 is 0 Å². The van der Waals surface area contributed by atoms with Crippen molar-refractivity contribution in [2.75, 3.05) is 19.6 Å². The Morgan fingerprint density at radius 2 is 2.00 bits per heavy atom. The molecule has 4 heteroatoms. The Morgan fingerprint density at radius 1 is 1.25 bits per heavy atom. The second kappa shape index (κ2) is 7.10. The van der Waals surface area contributed by atoms with Crippen LogP contribution in [0.4, 0.5) is 0 Å². The fourth-order valence-corrected chi connectivity index (χ4v) is 2.43. The smallest absolute Gasteiger partial charge is 0.223 e. The van der Waals surface area contributed by atoms with Crippen molar-refractivity contribution in [3.8, 4) is 0 Å².